The van der Waals surface area contributed by atoms with Gasteiger partial charge in [0.15, 0.2) is 0 Å². The van der Waals surface area contributed by atoms with Gasteiger partial charge in [0.1, 0.15) is 0 Å². The summed E-state index contributed by atoms with van der Waals surface area (Å²) in [5.41, 5.74) is 0.538. The molecule has 2 rings (SSSR count). The molecule has 1 saturated heterocycles. The monoisotopic (exact) mass is 305 g/mol. The van der Waals surface area contributed by atoms with E-state index < -0.39 is 16.1 Å². The van der Waals surface area contributed by atoms with Crippen molar-refractivity contribution in [1.82, 2.24) is 4.31 Å². The van der Waals surface area contributed by atoms with Crippen LogP contribution in [0.1, 0.15) is 5.56 Å². The van der Waals surface area contributed by atoms with Crippen LogP contribution in [0, 0.1) is 6.92 Å². The van der Waals surface area contributed by atoms with Gasteiger partial charge in [-0.05, 0) is 24.6 Å². The number of rotatable bonds is 3. The van der Waals surface area contributed by atoms with Gasteiger partial charge in [-0.1, -0.05) is 17.7 Å². The lowest BCUT2D eigenvalue weighted by Gasteiger charge is -2.31. The summed E-state index contributed by atoms with van der Waals surface area (Å²) in [5, 5.41) is 9.50. The van der Waals surface area contributed by atoms with Crippen molar-refractivity contribution in [3.8, 4) is 0 Å². The highest BCUT2D eigenvalue weighted by Crippen LogP contribution is 2.26. The highest BCUT2D eigenvalue weighted by molar-refractivity contribution is 7.89. The summed E-state index contributed by atoms with van der Waals surface area (Å²) in [5.74, 6) is 0. The van der Waals surface area contributed by atoms with Crippen LogP contribution in [0.2, 0.25) is 5.02 Å². The van der Waals surface area contributed by atoms with Crippen LogP contribution in [0.3, 0.4) is 0 Å². The van der Waals surface area contributed by atoms with Crippen LogP contribution < -0.4 is 0 Å². The largest absolute Gasteiger partial charge is 0.394 e. The predicted octanol–water partition coefficient (Wildman–Crippen LogP) is 1.03. The molecule has 0 aliphatic carbocycles. The van der Waals surface area contributed by atoms with E-state index >= 15 is 0 Å². The van der Waals surface area contributed by atoms with Crippen molar-refractivity contribution >= 4 is 21.6 Å². The molecule has 19 heavy (non-hydrogen) atoms. The Morgan fingerprint density at radius 2 is 2.26 bits per heavy atom. The minimum Gasteiger partial charge on any atom is -0.394 e. The molecule has 0 bridgehead atoms. The Labute approximate surface area is 117 Å². The molecule has 1 fully saturated rings. The Morgan fingerprint density at radius 1 is 1.53 bits per heavy atom. The zero-order chi connectivity index (χ0) is 14.0. The highest BCUT2D eigenvalue weighted by atomic mass is 35.5. The summed E-state index contributed by atoms with van der Waals surface area (Å²) in [6.45, 7) is 2.21. The quantitative estimate of drug-likeness (QED) is 0.906. The lowest BCUT2D eigenvalue weighted by molar-refractivity contribution is -0.0304. The number of benzene rings is 1. The first-order valence-electron chi connectivity index (χ1n) is 5.94. The average molecular weight is 306 g/mol. The maximum absolute atomic E-state index is 12.6. The van der Waals surface area contributed by atoms with E-state index in [2.05, 4.69) is 0 Å². The third-order valence-corrected chi connectivity index (χ3v) is 5.56. The Balaban J connectivity index is 2.34. The van der Waals surface area contributed by atoms with Gasteiger partial charge in [0, 0.05) is 18.1 Å². The van der Waals surface area contributed by atoms with Gasteiger partial charge in [0.25, 0.3) is 0 Å². The van der Waals surface area contributed by atoms with Crippen molar-refractivity contribution in [1.29, 1.82) is 0 Å². The average Bonchev–Trinajstić information content (AvgIpc) is 2.41. The number of hydrogen-bond acceptors (Lipinski definition) is 4. The predicted molar refractivity (Wildman–Crippen MR) is 71.8 cm³/mol. The Morgan fingerprint density at radius 3 is 2.95 bits per heavy atom. The van der Waals surface area contributed by atoms with E-state index in [1.54, 1.807) is 25.1 Å². The first kappa shape index (κ1) is 14.7. The zero-order valence-corrected chi connectivity index (χ0v) is 12.1. The third kappa shape index (κ3) is 2.93. The summed E-state index contributed by atoms with van der Waals surface area (Å²) in [6.07, 6.45) is -0.469. The number of ether oxygens (including phenoxy) is 1. The van der Waals surface area contributed by atoms with E-state index in [4.69, 9.17) is 21.4 Å². The molecule has 1 aromatic carbocycles. The molecular formula is C12H16ClNO4S. The van der Waals surface area contributed by atoms with Crippen LogP contribution in [-0.2, 0) is 14.8 Å². The maximum Gasteiger partial charge on any atom is 0.243 e. The molecule has 1 N–H and O–H groups in total. The van der Waals surface area contributed by atoms with Crippen LogP contribution in [0.4, 0.5) is 0 Å². The number of hydrogen-bond donors (Lipinski definition) is 1. The van der Waals surface area contributed by atoms with E-state index in [-0.39, 0.29) is 31.2 Å². The normalized spacial score (nSPS) is 21.5. The van der Waals surface area contributed by atoms with Gasteiger partial charge in [0.05, 0.1) is 24.2 Å². The van der Waals surface area contributed by atoms with Gasteiger partial charge in [0.2, 0.25) is 10.0 Å². The van der Waals surface area contributed by atoms with Gasteiger partial charge in [-0.15, -0.1) is 0 Å². The Hall–Kier alpha value is -0.660. The van der Waals surface area contributed by atoms with Gasteiger partial charge in [-0.25, -0.2) is 8.42 Å². The van der Waals surface area contributed by atoms with Crippen LogP contribution in [-0.4, -0.2) is 50.2 Å². The van der Waals surface area contributed by atoms with Crippen molar-refractivity contribution in [3.05, 3.63) is 28.8 Å². The molecular weight excluding hydrogens is 290 g/mol. The molecule has 0 spiro atoms. The molecule has 5 nitrogen and oxygen atoms in total. The number of sulfonamides is 1. The lowest BCUT2D eigenvalue weighted by Crippen LogP contribution is -2.46. The van der Waals surface area contributed by atoms with E-state index in [1.807, 2.05) is 0 Å². The standard InChI is InChI=1S/C12H16ClNO4S/c1-9-11(13)3-2-4-12(9)19(16,17)14-5-6-18-10(7-14)8-15/h2-4,10,15H,5-8H2,1H3. The smallest absolute Gasteiger partial charge is 0.243 e. The van der Waals surface area contributed by atoms with Gasteiger partial charge in [-0.3, -0.25) is 0 Å². The summed E-state index contributed by atoms with van der Waals surface area (Å²) in [4.78, 5) is 0.207. The second-order valence-corrected chi connectivity index (χ2v) is 6.71. The van der Waals surface area contributed by atoms with Crippen LogP contribution >= 0.6 is 11.6 Å². The molecule has 0 amide bonds. The molecule has 1 atom stereocenters. The number of morpholine rings is 1. The fraction of sp³-hybridized carbons (Fsp3) is 0.500. The number of nitrogens with zero attached hydrogens (tertiary/aromatic N) is 1. The first-order valence-corrected chi connectivity index (χ1v) is 7.76. The minimum absolute atomic E-state index is 0.158. The molecule has 1 aliphatic heterocycles. The van der Waals surface area contributed by atoms with Crippen molar-refractivity contribution in [2.45, 2.75) is 17.9 Å². The minimum atomic E-state index is -3.60. The van der Waals surface area contributed by atoms with Crippen LogP contribution in [0.25, 0.3) is 0 Å². The molecule has 0 aromatic heterocycles. The second-order valence-electron chi connectivity index (χ2n) is 4.40. The van der Waals surface area contributed by atoms with Crippen LogP contribution in [0.15, 0.2) is 23.1 Å². The molecule has 106 valence electrons. The Bertz CT molecular complexity index is 561. The SMILES string of the molecule is Cc1c(Cl)cccc1S(=O)(=O)N1CCOC(CO)C1. The summed E-state index contributed by atoms with van der Waals surface area (Å²) < 4.78 is 31.7. The fourth-order valence-electron chi connectivity index (χ4n) is 2.03. The fourth-order valence-corrected chi connectivity index (χ4v) is 3.96. The van der Waals surface area contributed by atoms with Crippen molar-refractivity contribution in [2.75, 3.05) is 26.3 Å². The number of halogens is 1. The van der Waals surface area contributed by atoms with Crippen molar-refractivity contribution < 1.29 is 18.3 Å². The van der Waals surface area contributed by atoms with Crippen molar-refractivity contribution in [3.63, 3.8) is 0 Å². The van der Waals surface area contributed by atoms with Crippen molar-refractivity contribution in [2.24, 2.45) is 0 Å². The van der Waals surface area contributed by atoms with E-state index in [0.29, 0.717) is 10.6 Å². The molecule has 0 radical (unpaired) electrons. The summed E-state index contributed by atoms with van der Waals surface area (Å²) in [6, 6.07) is 4.82. The van der Waals surface area contributed by atoms with Gasteiger partial charge < -0.3 is 9.84 Å². The third-order valence-electron chi connectivity index (χ3n) is 3.14. The highest BCUT2D eigenvalue weighted by Gasteiger charge is 2.31. The van der Waals surface area contributed by atoms with E-state index in [0.717, 1.165) is 0 Å². The number of aliphatic hydroxyl groups excluding tert-OH is 1. The topological polar surface area (TPSA) is 66.8 Å². The number of aliphatic hydroxyl groups is 1. The molecule has 1 aromatic rings. The van der Waals surface area contributed by atoms with Crippen LogP contribution in [0.5, 0.6) is 0 Å². The molecule has 0 saturated carbocycles. The van der Waals surface area contributed by atoms with E-state index in [9.17, 15) is 8.42 Å². The van der Waals surface area contributed by atoms with E-state index in [1.165, 1.54) is 4.31 Å². The lowest BCUT2D eigenvalue weighted by atomic mass is 10.2. The molecule has 1 aliphatic rings. The first-order chi connectivity index (χ1) is 8.96. The Kier molecular flexibility index (Phi) is 4.47. The van der Waals surface area contributed by atoms with Gasteiger partial charge in [-0.2, -0.15) is 4.31 Å². The van der Waals surface area contributed by atoms with Gasteiger partial charge >= 0.3 is 0 Å². The zero-order valence-electron chi connectivity index (χ0n) is 10.5. The second kappa shape index (κ2) is 5.76. The maximum atomic E-state index is 12.6. The molecule has 7 heteroatoms. The summed E-state index contributed by atoms with van der Waals surface area (Å²) >= 11 is 5.97. The molecule has 1 unspecified atom stereocenters. The molecule has 1 heterocycles. The summed E-state index contributed by atoms with van der Waals surface area (Å²) in [7, 11) is -3.60.